The van der Waals surface area contributed by atoms with E-state index in [0.29, 0.717) is 16.5 Å². The van der Waals surface area contributed by atoms with Crippen LogP contribution in [0.25, 0.3) is 0 Å². The number of carboxylic acid groups (broad SMARTS) is 1. The van der Waals surface area contributed by atoms with E-state index < -0.39 is 6.09 Å². The molecule has 0 aliphatic rings. The average Bonchev–Trinajstić information content (AvgIpc) is 2.99. The van der Waals surface area contributed by atoms with Crippen LogP contribution in [0.3, 0.4) is 0 Å². The normalized spacial score (nSPS) is 11.1. The van der Waals surface area contributed by atoms with Crippen LogP contribution < -0.4 is 0 Å². The maximum atomic E-state index is 11.4. The van der Waals surface area contributed by atoms with E-state index in [4.69, 9.17) is 28.3 Å². The van der Waals surface area contributed by atoms with Crippen molar-refractivity contribution in [2.24, 2.45) is 0 Å². The Kier molecular flexibility index (Phi) is 7.28. The number of nitrogens with zero attached hydrogens (tertiary/aromatic N) is 4. The lowest BCUT2D eigenvalue weighted by molar-refractivity contribution is 0.153. The molecule has 0 unspecified atom stereocenters. The molecule has 0 spiro atoms. The summed E-state index contributed by atoms with van der Waals surface area (Å²) in [6.45, 7) is 4.28. The van der Waals surface area contributed by atoms with Crippen LogP contribution >= 0.6 is 35.0 Å². The van der Waals surface area contributed by atoms with E-state index in [1.807, 2.05) is 42.8 Å². The predicted octanol–water partition coefficient (Wildman–Crippen LogP) is 6.02. The molecule has 0 aliphatic heterocycles. The summed E-state index contributed by atoms with van der Waals surface area (Å²) in [5.74, 6) is 0. The van der Waals surface area contributed by atoms with Gasteiger partial charge in [-0.3, -0.25) is 9.67 Å². The maximum Gasteiger partial charge on any atom is 0.407 e. The van der Waals surface area contributed by atoms with E-state index >= 15 is 0 Å². The van der Waals surface area contributed by atoms with Gasteiger partial charge in [0.15, 0.2) is 0 Å². The molecule has 0 aliphatic carbocycles. The first-order valence-corrected chi connectivity index (χ1v) is 10.9. The van der Waals surface area contributed by atoms with Gasteiger partial charge < -0.3 is 10.0 Å². The summed E-state index contributed by atoms with van der Waals surface area (Å²) in [5, 5.41) is 16.2. The van der Waals surface area contributed by atoms with E-state index in [2.05, 4.69) is 4.98 Å². The minimum absolute atomic E-state index is 0.0854. The highest BCUT2D eigenvalue weighted by atomic mass is 35.5. The van der Waals surface area contributed by atoms with Crippen molar-refractivity contribution in [3.8, 4) is 0 Å². The van der Waals surface area contributed by atoms with Crippen molar-refractivity contribution in [2.75, 3.05) is 7.05 Å². The van der Waals surface area contributed by atoms with E-state index in [9.17, 15) is 9.90 Å². The first-order valence-electron chi connectivity index (χ1n) is 9.31. The highest BCUT2D eigenvalue weighted by Crippen LogP contribution is 2.37. The Morgan fingerprint density at radius 2 is 1.83 bits per heavy atom. The van der Waals surface area contributed by atoms with Crippen LogP contribution in [0.4, 0.5) is 4.79 Å². The number of pyridine rings is 1. The van der Waals surface area contributed by atoms with E-state index in [1.165, 1.54) is 23.7 Å². The molecule has 3 rings (SSSR count). The van der Waals surface area contributed by atoms with Crippen molar-refractivity contribution in [2.45, 2.75) is 42.8 Å². The molecule has 0 saturated carbocycles. The topological polar surface area (TPSA) is 71.2 Å². The number of hydrogen-bond acceptors (Lipinski definition) is 4. The van der Waals surface area contributed by atoms with Crippen molar-refractivity contribution >= 4 is 41.1 Å². The van der Waals surface area contributed by atoms with Gasteiger partial charge in [0, 0.05) is 52.4 Å². The summed E-state index contributed by atoms with van der Waals surface area (Å²) >= 11 is 13.9. The number of hydrogen-bond donors (Lipinski definition) is 1. The Balaban J connectivity index is 2.11. The predicted molar refractivity (Wildman–Crippen MR) is 120 cm³/mol. The van der Waals surface area contributed by atoms with Gasteiger partial charge in [0.05, 0.1) is 12.2 Å². The molecule has 3 aromatic rings. The Labute approximate surface area is 189 Å². The third-order valence-electron chi connectivity index (χ3n) is 4.43. The van der Waals surface area contributed by atoms with Crippen molar-refractivity contribution in [3.05, 3.63) is 69.6 Å². The zero-order valence-electron chi connectivity index (χ0n) is 16.8. The van der Waals surface area contributed by atoms with Gasteiger partial charge in [0.25, 0.3) is 0 Å². The third kappa shape index (κ3) is 5.47. The second-order valence-corrected chi connectivity index (χ2v) is 9.08. The van der Waals surface area contributed by atoms with Crippen LogP contribution in [0.2, 0.25) is 10.0 Å². The van der Waals surface area contributed by atoms with Crippen molar-refractivity contribution in [1.29, 1.82) is 0 Å². The monoisotopic (exact) mass is 464 g/mol. The van der Waals surface area contributed by atoms with Crippen LogP contribution in [0.1, 0.15) is 36.7 Å². The number of halogens is 2. The van der Waals surface area contributed by atoms with Crippen LogP contribution in [0.5, 0.6) is 0 Å². The summed E-state index contributed by atoms with van der Waals surface area (Å²) < 4.78 is 1.93. The zero-order chi connectivity index (χ0) is 21.8. The molecule has 0 fully saturated rings. The fourth-order valence-corrected chi connectivity index (χ4v) is 4.87. The molecule has 0 saturated heterocycles. The van der Waals surface area contributed by atoms with E-state index in [0.717, 1.165) is 26.7 Å². The molecule has 6 nitrogen and oxygen atoms in total. The fraction of sp³-hybridized carbons (Fsp3) is 0.286. The Hall–Kier alpha value is -2.22. The molecule has 2 aromatic heterocycles. The van der Waals surface area contributed by atoms with Gasteiger partial charge in [0.1, 0.15) is 5.03 Å². The van der Waals surface area contributed by atoms with Crippen molar-refractivity contribution < 1.29 is 9.90 Å². The molecule has 30 heavy (non-hydrogen) atoms. The molecular weight excluding hydrogens is 443 g/mol. The van der Waals surface area contributed by atoms with Gasteiger partial charge in [0.2, 0.25) is 0 Å². The lowest BCUT2D eigenvalue weighted by atomic mass is 10.1. The number of aromatic nitrogens is 3. The van der Waals surface area contributed by atoms with Crippen LogP contribution in [0, 0.1) is 0 Å². The van der Waals surface area contributed by atoms with Crippen LogP contribution in [-0.4, -0.2) is 37.9 Å². The lowest BCUT2D eigenvalue weighted by Gasteiger charge is -2.13. The highest BCUT2D eigenvalue weighted by Gasteiger charge is 2.23. The van der Waals surface area contributed by atoms with Gasteiger partial charge in [-0.05, 0) is 49.7 Å². The number of benzene rings is 1. The smallest absolute Gasteiger partial charge is 0.407 e. The summed E-state index contributed by atoms with van der Waals surface area (Å²) in [4.78, 5) is 17.6. The van der Waals surface area contributed by atoms with Gasteiger partial charge in [-0.15, -0.1) is 0 Å². The van der Waals surface area contributed by atoms with Gasteiger partial charge in [-0.25, -0.2) is 4.79 Å². The summed E-state index contributed by atoms with van der Waals surface area (Å²) in [6.07, 6.45) is 3.10. The van der Waals surface area contributed by atoms with Crippen LogP contribution in [-0.2, 0) is 13.0 Å². The molecule has 1 amide bonds. The van der Waals surface area contributed by atoms with Crippen molar-refractivity contribution in [1.82, 2.24) is 19.7 Å². The Morgan fingerprint density at radius 1 is 1.20 bits per heavy atom. The van der Waals surface area contributed by atoms with Gasteiger partial charge in [-0.2, -0.15) is 5.10 Å². The van der Waals surface area contributed by atoms with Crippen LogP contribution in [0.15, 0.2) is 52.6 Å². The zero-order valence-corrected chi connectivity index (χ0v) is 19.2. The molecule has 158 valence electrons. The average molecular weight is 465 g/mol. The maximum absolute atomic E-state index is 11.4. The third-order valence-corrected chi connectivity index (χ3v) is 5.96. The molecule has 1 aromatic carbocycles. The van der Waals surface area contributed by atoms with Crippen molar-refractivity contribution in [3.63, 3.8) is 0 Å². The SMILES string of the molecule is CC(C)n1nc(CN(C)C(=O)O)c(Cc2ccncc2)c1Sc1cc(Cl)cc(Cl)c1. The molecule has 2 heterocycles. The van der Waals surface area contributed by atoms with E-state index in [1.54, 1.807) is 18.5 Å². The first-order chi connectivity index (χ1) is 14.2. The van der Waals surface area contributed by atoms with Gasteiger partial charge in [-0.1, -0.05) is 35.0 Å². The Morgan fingerprint density at radius 3 is 2.40 bits per heavy atom. The molecule has 9 heteroatoms. The molecule has 0 atom stereocenters. The standard InChI is InChI=1S/C21H22Cl2N4O2S/c1-13(2)27-20(30-17-10-15(22)9-16(23)11-17)18(8-14-4-6-24-7-5-14)19(25-27)12-26(3)21(28)29/h4-7,9-11,13H,8,12H2,1-3H3,(H,28,29). The largest absolute Gasteiger partial charge is 0.465 e. The van der Waals surface area contributed by atoms with E-state index in [-0.39, 0.29) is 12.6 Å². The summed E-state index contributed by atoms with van der Waals surface area (Å²) in [7, 11) is 1.54. The lowest BCUT2D eigenvalue weighted by Crippen LogP contribution is -2.24. The number of rotatable bonds is 7. The number of carbonyl (C=O) groups is 1. The molecule has 0 radical (unpaired) electrons. The molecule has 1 N–H and O–H groups in total. The second kappa shape index (κ2) is 9.73. The number of amides is 1. The Bertz CT molecular complexity index is 1020. The minimum Gasteiger partial charge on any atom is -0.465 e. The second-order valence-electron chi connectivity index (χ2n) is 7.15. The fourth-order valence-electron chi connectivity index (χ4n) is 2.96. The summed E-state index contributed by atoms with van der Waals surface area (Å²) in [5.41, 5.74) is 2.77. The first kappa shape index (κ1) is 22.5. The molecular formula is C21H22Cl2N4O2S. The highest BCUT2D eigenvalue weighted by molar-refractivity contribution is 7.99. The molecule has 0 bridgehead atoms. The van der Waals surface area contributed by atoms with Gasteiger partial charge >= 0.3 is 6.09 Å². The summed E-state index contributed by atoms with van der Waals surface area (Å²) in [6, 6.07) is 9.38. The quantitative estimate of drug-likeness (QED) is 0.462. The minimum atomic E-state index is -1.00.